The van der Waals surface area contributed by atoms with Gasteiger partial charge in [-0.15, -0.1) is 0 Å². The normalized spacial score (nSPS) is 23.6. The van der Waals surface area contributed by atoms with Crippen LogP contribution in [0.25, 0.3) is 0 Å². The van der Waals surface area contributed by atoms with Crippen molar-refractivity contribution in [3.05, 3.63) is 0 Å². The van der Waals surface area contributed by atoms with E-state index in [1.54, 1.807) is 0 Å². The van der Waals surface area contributed by atoms with Crippen LogP contribution in [-0.4, -0.2) is 76.4 Å². The highest BCUT2D eigenvalue weighted by atomic mass is 16.4. The quantitative estimate of drug-likeness (QED) is 0.546. The Hall–Kier alpha value is -2.16. The Kier molecular flexibility index (Phi) is 7.18. The minimum atomic E-state index is -1.02. The third-order valence-electron chi connectivity index (χ3n) is 5.19. The van der Waals surface area contributed by atoms with Gasteiger partial charge in [-0.1, -0.05) is 13.8 Å². The number of amides is 3. The van der Waals surface area contributed by atoms with E-state index in [1.165, 1.54) is 9.80 Å². The Morgan fingerprint density at radius 1 is 1.07 bits per heavy atom. The van der Waals surface area contributed by atoms with E-state index in [1.807, 2.05) is 13.8 Å². The van der Waals surface area contributed by atoms with Gasteiger partial charge in [-0.2, -0.15) is 0 Å². The fourth-order valence-corrected chi connectivity index (χ4v) is 3.90. The number of hydrogen-bond acceptors (Lipinski definition) is 5. The molecule has 2 rings (SSSR count). The average molecular weight is 382 g/mol. The summed E-state index contributed by atoms with van der Waals surface area (Å²) >= 11 is 0. The molecule has 0 radical (unpaired) electrons. The number of carboxylic acid groups (broad SMARTS) is 1. The van der Waals surface area contributed by atoms with Crippen LogP contribution in [0.15, 0.2) is 0 Å². The molecule has 3 unspecified atom stereocenters. The summed E-state index contributed by atoms with van der Waals surface area (Å²) in [5, 5.41) is 12.1. The molecular formula is C18H30N4O5. The summed E-state index contributed by atoms with van der Waals surface area (Å²) in [6, 6.07) is -2.27. The smallest absolute Gasteiger partial charge is 0.326 e. The Balaban J connectivity index is 2.11. The lowest BCUT2D eigenvalue weighted by Gasteiger charge is -2.30. The Labute approximate surface area is 159 Å². The van der Waals surface area contributed by atoms with E-state index < -0.39 is 24.1 Å². The zero-order valence-electron chi connectivity index (χ0n) is 16.0. The molecule has 3 amide bonds. The van der Waals surface area contributed by atoms with Crippen molar-refractivity contribution in [2.24, 2.45) is 11.7 Å². The zero-order chi connectivity index (χ0) is 20.1. The molecule has 0 aliphatic carbocycles. The molecule has 9 heteroatoms. The lowest BCUT2D eigenvalue weighted by Crippen LogP contribution is -2.56. The van der Waals surface area contributed by atoms with Gasteiger partial charge >= 0.3 is 5.97 Å². The number of aliphatic carboxylic acids is 1. The monoisotopic (exact) mass is 382 g/mol. The van der Waals surface area contributed by atoms with Crippen LogP contribution < -0.4 is 11.1 Å². The molecule has 0 aromatic carbocycles. The Morgan fingerprint density at radius 3 is 2.22 bits per heavy atom. The Morgan fingerprint density at radius 2 is 1.67 bits per heavy atom. The molecule has 27 heavy (non-hydrogen) atoms. The molecule has 2 fully saturated rings. The van der Waals surface area contributed by atoms with Crippen LogP contribution >= 0.6 is 0 Å². The fraction of sp³-hybridized carbons (Fsp3) is 0.778. The fourth-order valence-electron chi connectivity index (χ4n) is 3.90. The van der Waals surface area contributed by atoms with E-state index in [-0.39, 0.29) is 30.2 Å². The minimum absolute atomic E-state index is 0.135. The van der Waals surface area contributed by atoms with E-state index in [2.05, 4.69) is 5.32 Å². The van der Waals surface area contributed by atoms with Crippen molar-refractivity contribution in [2.45, 2.75) is 64.1 Å². The highest BCUT2D eigenvalue weighted by Crippen LogP contribution is 2.22. The second-order valence-electron chi connectivity index (χ2n) is 7.67. The van der Waals surface area contributed by atoms with Crippen LogP contribution in [0.1, 0.15) is 46.0 Å². The first kappa shape index (κ1) is 21.1. The average Bonchev–Trinajstić information content (AvgIpc) is 3.28. The molecule has 0 saturated carbocycles. The molecule has 0 spiro atoms. The third kappa shape index (κ3) is 4.97. The zero-order valence-corrected chi connectivity index (χ0v) is 16.0. The molecule has 2 heterocycles. The molecule has 0 aromatic heterocycles. The maximum absolute atomic E-state index is 13.0. The van der Waals surface area contributed by atoms with Crippen LogP contribution in [0.5, 0.6) is 0 Å². The van der Waals surface area contributed by atoms with E-state index >= 15 is 0 Å². The molecule has 2 saturated heterocycles. The van der Waals surface area contributed by atoms with Gasteiger partial charge in [-0.05, 0) is 38.0 Å². The summed E-state index contributed by atoms with van der Waals surface area (Å²) in [6.07, 6.45) is 2.70. The number of likely N-dealkylation sites (tertiary alicyclic amines) is 2. The molecule has 0 aromatic rings. The molecule has 152 valence electrons. The molecule has 2 aliphatic rings. The SMILES string of the molecule is CC(C)CC(NC(=O)C1CCCN1C(=O)CN)C(=O)N1CCCC1C(=O)O. The predicted molar refractivity (Wildman–Crippen MR) is 97.5 cm³/mol. The number of carbonyl (C=O) groups excluding carboxylic acids is 3. The van der Waals surface area contributed by atoms with Gasteiger partial charge in [-0.25, -0.2) is 4.79 Å². The first-order chi connectivity index (χ1) is 12.8. The summed E-state index contributed by atoms with van der Waals surface area (Å²) in [7, 11) is 0. The second-order valence-corrected chi connectivity index (χ2v) is 7.67. The summed E-state index contributed by atoms with van der Waals surface area (Å²) in [6.45, 7) is 4.56. The highest BCUT2D eigenvalue weighted by Gasteiger charge is 2.40. The van der Waals surface area contributed by atoms with Crippen LogP contribution in [0.2, 0.25) is 0 Å². The topological polar surface area (TPSA) is 133 Å². The van der Waals surface area contributed by atoms with Crippen molar-refractivity contribution in [1.82, 2.24) is 15.1 Å². The minimum Gasteiger partial charge on any atom is -0.480 e. The predicted octanol–water partition coefficient (Wildman–Crippen LogP) is -0.457. The van der Waals surface area contributed by atoms with Crippen molar-refractivity contribution in [3.63, 3.8) is 0 Å². The van der Waals surface area contributed by atoms with E-state index in [4.69, 9.17) is 5.73 Å². The number of nitrogens with zero attached hydrogens (tertiary/aromatic N) is 2. The largest absolute Gasteiger partial charge is 0.480 e. The lowest BCUT2D eigenvalue weighted by molar-refractivity contribution is -0.150. The number of rotatable bonds is 7. The van der Waals surface area contributed by atoms with Crippen molar-refractivity contribution < 1.29 is 24.3 Å². The van der Waals surface area contributed by atoms with Crippen LogP contribution in [-0.2, 0) is 19.2 Å². The molecule has 3 atom stereocenters. The lowest BCUT2D eigenvalue weighted by atomic mass is 10.0. The van der Waals surface area contributed by atoms with Gasteiger partial charge in [-0.3, -0.25) is 14.4 Å². The van der Waals surface area contributed by atoms with Crippen LogP contribution in [0.3, 0.4) is 0 Å². The van der Waals surface area contributed by atoms with Gasteiger partial charge in [0.2, 0.25) is 17.7 Å². The molecule has 9 nitrogen and oxygen atoms in total. The standard InChI is InChI=1S/C18H30N4O5/c1-11(2)9-12(17(25)22-8-4-6-14(22)18(26)27)20-16(24)13-5-3-7-21(13)15(23)10-19/h11-14H,3-10,19H2,1-2H3,(H,20,24)(H,26,27). The van der Waals surface area contributed by atoms with Crippen LogP contribution in [0.4, 0.5) is 0 Å². The van der Waals surface area contributed by atoms with Gasteiger partial charge in [0.15, 0.2) is 0 Å². The number of hydrogen-bond donors (Lipinski definition) is 3. The number of nitrogens with two attached hydrogens (primary N) is 1. The summed E-state index contributed by atoms with van der Waals surface area (Å²) in [4.78, 5) is 51.9. The summed E-state index contributed by atoms with van der Waals surface area (Å²) in [5.41, 5.74) is 5.42. The Bertz CT molecular complexity index is 594. The van der Waals surface area contributed by atoms with Crippen molar-refractivity contribution >= 4 is 23.7 Å². The maximum Gasteiger partial charge on any atom is 0.326 e. The van der Waals surface area contributed by atoms with E-state index in [0.717, 1.165) is 0 Å². The van der Waals surface area contributed by atoms with E-state index in [9.17, 15) is 24.3 Å². The first-order valence-electron chi connectivity index (χ1n) is 9.59. The molecule has 0 bridgehead atoms. The number of carbonyl (C=O) groups is 4. The maximum atomic E-state index is 13.0. The van der Waals surface area contributed by atoms with Gasteiger partial charge in [0.05, 0.1) is 6.54 Å². The summed E-state index contributed by atoms with van der Waals surface area (Å²) < 4.78 is 0. The highest BCUT2D eigenvalue weighted by molar-refractivity contribution is 5.94. The van der Waals surface area contributed by atoms with E-state index in [0.29, 0.717) is 45.2 Å². The first-order valence-corrected chi connectivity index (χ1v) is 9.59. The number of nitrogens with one attached hydrogen (secondary N) is 1. The molecule has 4 N–H and O–H groups in total. The van der Waals surface area contributed by atoms with Crippen molar-refractivity contribution in [2.75, 3.05) is 19.6 Å². The van der Waals surface area contributed by atoms with Gasteiger partial charge in [0.1, 0.15) is 18.1 Å². The second kappa shape index (κ2) is 9.16. The van der Waals surface area contributed by atoms with Gasteiger partial charge in [0, 0.05) is 13.1 Å². The number of carboxylic acids is 1. The van der Waals surface area contributed by atoms with Crippen LogP contribution in [0, 0.1) is 5.92 Å². The van der Waals surface area contributed by atoms with Crippen molar-refractivity contribution in [3.8, 4) is 0 Å². The van der Waals surface area contributed by atoms with Gasteiger partial charge in [0.25, 0.3) is 0 Å². The molecule has 2 aliphatic heterocycles. The summed E-state index contributed by atoms with van der Waals surface area (Å²) in [5.74, 6) is -1.91. The van der Waals surface area contributed by atoms with Gasteiger partial charge < -0.3 is 26.0 Å². The molecular weight excluding hydrogens is 352 g/mol. The van der Waals surface area contributed by atoms with Crippen molar-refractivity contribution in [1.29, 1.82) is 0 Å². The third-order valence-corrected chi connectivity index (χ3v) is 5.19.